The Balaban J connectivity index is 2.21. The Bertz CT molecular complexity index is 637. The Morgan fingerprint density at radius 1 is 1.32 bits per heavy atom. The lowest BCUT2D eigenvalue weighted by Crippen LogP contribution is -2.30. The smallest absolute Gasteiger partial charge is 0.255 e. The van der Waals surface area contributed by atoms with Crippen LogP contribution in [0.2, 0.25) is 0 Å². The molecule has 1 amide bonds. The highest BCUT2D eigenvalue weighted by molar-refractivity contribution is 5.97. The fourth-order valence-electron chi connectivity index (χ4n) is 2.21. The van der Waals surface area contributed by atoms with E-state index in [1.165, 1.54) is 0 Å². The van der Waals surface area contributed by atoms with E-state index in [2.05, 4.69) is 29.4 Å². The molecule has 0 fully saturated rings. The van der Waals surface area contributed by atoms with Gasteiger partial charge in [-0.1, -0.05) is 26.0 Å². The molecule has 6 heteroatoms. The molecule has 1 unspecified atom stereocenters. The molecule has 1 atom stereocenters. The molecule has 1 aromatic carbocycles. The van der Waals surface area contributed by atoms with E-state index in [4.69, 9.17) is 9.15 Å². The molecule has 0 aliphatic heterocycles. The third-order valence-corrected chi connectivity index (χ3v) is 3.20. The van der Waals surface area contributed by atoms with Crippen LogP contribution in [-0.2, 0) is 0 Å². The van der Waals surface area contributed by atoms with E-state index in [0.29, 0.717) is 35.4 Å². The molecule has 0 radical (unpaired) electrons. The second-order valence-corrected chi connectivity index (χ2v) is 5.52. The van der Waals surface area contributed by atoms with Crippen LogP contribution in [0.3, 0.4) is 0 Å². The molecule has 0 spiro atoms. The van der Waals surface area contributed by atoms with Crippen molar-refractivity contribution in [2.45, 2.75) is 33.2 Å². The van der Waals surface area contributed by atoms with Crippen LogP contribution in [0.15, 0.2) is 28.7 Å². The number of nitrogens with zero attached hydrogens (tertiary/aromatic N) is 2. The summed E-state index contributed by atoms with van der Waals surface area (Å²) >= 11 is 0. The Morgan fingerprint density at radius 3 is 2.64 bits per heavy atom. The molecule has 1 aromatic heterocycles. The SMILES string of the molecule is COc1ccccc1C(=O)NC(CC(C)C)c1nnc(C)o1. The highest BCUT2D eigenvalue weighted by atomic mass is 16.5. The van der Waals surface area contributed by atoms with Crippen molar-refractivity contribution in [2.75, 3.05) is 7.11 Å². The number of para-hydroxylation sites is 1. The van der Waals surface area contributed by atoms with Crippen LogP contribution >= 0.6 is 0 Å². The maximum Gasteiger partial charge on any atom is 0.255 e. The average molecular weight is 303 g/mol. The Kier molecular flexibility index (Phi) is 5.14. The molecule has 118 valence electrons. The van der Waals surface area contributed by atoms with Crippen LogP contribution in [0.5, 0.6) is 5.75 Å². The second kappa shape index (κ2) is 7.06. The van der Waals surface area contributed by atoms with Gasteiger partial charge in [0.15, 0.2) is 0 Å². The topological polar surface area (TPSA) is 77.2 Å². The molecule has 2 aromatic rings. The van der Waals surface area contributed by atoms with E-state index in [1.54, 1.807) is 32.2 Å². The predicted molar refractivity (Wildman–Crippen MR) is 81.7 cm³/mol. The number of amides is 1. The van der Waals surface area contributed by atoms with Crippen LogP contribution in [0.4, 0.5) is 0 Å². The van der Waals surface area contributed by atoms with Gasteiger partial charge in [0.05, 0.1) is 12.7 Å². The van der Waals surface area contributed by atoms with Gasteiger partial charge in [-0.2, -0.15) is 0 Å². The van der Waals surface area contributed by atoms with Gasteiger partial charge in [0, 0.05) is 6.92 Å². The molecule has 1 N–H and O–H groups in total. The summed E-state index contributed by atoms with van der Waals surface area (Å²) in [5, 5.41) is 10.8. The highest BCUT2D eigenvalue weighted by Gasteiger charge is 2.23. The molecular formula is C16H21N3O3. The van der Waals surface area contributed by atoms with Crippen LogP contribution in [0, 0.1) is 12.8 Å². The van der Waals surface area contributed by atoms with E-state index in [0.717, 1.165) is 0 Å². The minimum Gasteiger partial charge on any atom is -0.496 e. The number of methoxy groups -OCH3 is 1. The summed E-state index contributed by atoms with van der Waals surface area (Å²) in [5.41, 5.74) is 0.481. The second-order valence-electron chi connectivity index (χ2n) is 5.52. The van der Waals surface area contributed by atoms with Crippen molar-refractivity contribution < 1.29 is 13.9 Å². The fraction of sp³-hybridized carbons (Fsp3) is 0.438. The first kappa shape index (κ1) is 16.0. The molecule has 0 saturated carbocycles. The van der Waals surface area contributed by atoms with Gasteiger partial charge in [-0.3, -0.25) is 4.79 Å². The number of hydrogen-bond donors (Lipinski definition) is 1. The van der Waals surface area contributed by atoms with Gasteiger partial charge in [-0.05, 0) is 24.5 Å². The minimum atomic E-state index is -0.321. The quantitative estimate of drug-likeness (QED) is 0.888. The zero-order valence-corrected chi connectivity index (χ0v) is 13.3. The number of carbonyl (C=O) groups is 1. The van der Waals surface area contributed by atoms with Gasteiger partial charge in [-0.15, -0.1) is 10.2 Å². The third-order valence-electron chi connectivity index (χ3n) is 3.20. The predicted octanol–water partition coefficient (Wildman–Crippen LogP) is 2.90. The van der Waals surface area contributed by atoms with Crippen LogP contribution < -0.4 is 10.1 Å². The van der Waals surface area contributed by atoms with Crippen LogP contribution in [0.1, 0.15) is 48.4 Å². The number of carbonyl (C=O) groups excluding carboxylic acids is 1. The molecule has 1 heterocycles. The Morgan fingerprint density at radius 2 is 2.05 bits per heavy atom. The van der Waals surface area contributed by atoms with Gasteiger partial charge >= 0.3 is 0 Å². The molecule has 0 bridgehead atoms. The average Bonchev–Trinajstić information content (AvgIpc) is 2.92. The summed E-state index contributed by atoms with van der Waals surface area (Å²) < 4.78 is 10.7. The van der Waals surface area contributed by atoms with Crippen LogP contribution in [0.25, 0.3) is 0 Å². The number of aryl methyl sites for hydroxylation is 1. The Labute approximate surface area is 129 Å². The summed E-state index contributed by atoms with van der Waals surface area (Å²) in [4.78, 5) is 12.5. The maximum atomic E-state index is 12.5. The highest BCUT2D eigenvalue weighted by Crippen LogP contribution is 2.23. The van der Waals surface area contributed by atoms with Crippen molar-refractivity contribution in [3.63, 3.8) is 0 Å². The summed E-state index contributed by atoms with van der Waals surface area (Å²) in [6.45, 7) is 5.88. The molecular weight excluding hydrogens is 282 g/mol. The molecule has 0 aliphatic carbocycles. The van der Waals surface area contributed by atoms with E-state index >= 15 is 0 Å². The lowest BCUT2D eigenvalue weighted by molar-refractivity contribution is 0.0921. The first-order valence-corrected chi connectivity index (χ1v) is 7.25. The summed E-state index contributed by atoms with van der Waals surface area (Å²) in [6.07, 6.45) is 0.711. The number of hydrogen-bond acceptors (Lipinski definition) is 5. The van der Waals surface area contributed by atoms with Crippen molar-refractivity contribution in [3.8, 4) is 5.75 Å². The first-order valence-electron chi connectivity index (χ1n) is 7.25. The van der Waals surface area contributed by atoms with E-state index in [-0.39, 0.29) is 11.9 Å². The van der Waals surface area contributed by atoms with Gasteiger partial charge in [0.25, 0.3) is 5.91 Å². The summed E-state index contributed by atoms with van der Waals surface area (Å²) in [7, 11) is 1.54. The van der Waals surface area contributed by atoms with Crippen molar-refractivity contribution in [1.29, 1.82) is 0 Å². The number of nitrogens with one attached hydrogen (secondary N) is 1. The van der Waals surface area contributed by atoms with E-state index < -0.39 is 0 Å². The summed E-state index contributed by atoms with van der Waals surface area (Å²) in [6, 6.07) is 6.77. The van der Waals surface area contributed by atoms with Crippen molar-refractivity contribution >= 4 is 5.91 Å². The van der Waals surface area contributed by atoms with Crippen molar-refractivity contribution in [2.24, 2.45) is 5.92 Å². The molecule has 22 heavy (non-hydrogen) atoms. The third kappa shape index (κ3) is 3.84. The zero-order chi connectivity index (χ0) is 16.1. The van der Waals surface area contributed by atoms with Crippen molar-refractivity contribution in [3.05, 3.63) is 41.6 Å². The van der Waals surface area contributed by atoms with Gasteiger partial charge < -0.3 is 14.5 Å². The lowest BCUT2D eigenvalue weighted by Gasteiger charge is -2.18. The number of aromatic nitrogens is 2. The molecule has 0 aliphatic rings. The lowest BCUT2D eigenvalue weighted by atomic mass is 10.0. The minimum absolute atomic E-state index is 0.223. The summed E-state index contributed by atoms with van der Waals surface area (Å²) in [5.74, 6) is 1.59. The monoisotopic (exact) mass is 303 g/mol. The molecule has 6 nitrogen and oxygen atoms in total. The fourth-order valence-corrected chi connectivity index (χ4v) is 2.21. The molecule has 0 saturated heterocycles. The zero-order valence-electron chi connectivity index (χ0n) is 13.3. The largest absolute Gasteiger partial charge is 0.496 e. The van der Waals surface area contributed by atoms with Crippen LogP contribution in [-0.4, -0.2) is 23.2 Å². The number of ether oxygens (including phenoxy) is 1. The van der Waals surface area contributed by atoms with E-state index in [1.807, 2.05) is 6.07 Å². The van der Waals surface area contributed by atoms with Gasteiger partial charge in [0.1, 0.15) is 11.8 Å². The van der Waals surface area contributed by atoms with Gasteiger partial charge in [0.2, 0.25) is 11.8 Å². The number of rotatable bonds is 6. The molecule has 2 rings (SSSR count). The normalized spacial score (nSPS) is 12.2. The van der Waals surface area contributed by atoms with Gasteiger partial charge in [-0.25, -0.2) is 0 Å². The number of benzene rings is 1. The maximum absolute atomic E-state index is 12.5. The van der Waals surface area contributed by atoms with Crippen molar-refractivity contribution in [1.82, 2.24) is 15.5 Å². The first-order chi connectivity index (χ1) is 10.5. The van der Waals surface area contributed by atoms with E-state index in [9.17, 15) is 4.79 Å². The Hall–Kier alpha value is -2.37. The standard InChI is InChI=1S/C16H21N3O3/c1-10(2)9-13(16-19-18-11(3)22-16)17-15(20)12-7-5-6-8-14(12)21-4/h5-8,10,13H,9H2,1-4H3,(H,17,20).